The van der Waals surface area contributed by atoms with Crippen molar-refractivity contribution in [2.75, 3.05) is 9.80 Å². The Bertz CT molecular complexity index is 1140. The van der Waals surface area contributed by atoms with Gasteiger partial charge in [0.05, 0.1) is 11.1 Å². The molecule has 158 valence electrons. The Kier molecular flexibility index (Phi) is 5.79. The fraction of sp³-hybridized carbons (Fsp3) is 0.200. The summed E-state index contributed by atoms with van der Waals surface area (Å²) in [6, 6.07) is 20.7. The number of carbonyl (C=O) groups excluding carboxylic acids is 2. The van der Waals surface area contributed by atoms with Gasteiger partial charge < -0.3 is 9.80 Å². The molecule has 1 aliphatic heterocycles. The number of carbonyl (C=O) groups is 2. The van der Waals surface area contributed by atoms with Gasteiger partial charge in [-0.3, -0.25) is 9.59 Å². The highest BCUT2D eigenvalue weighted by molar-refractivity contribution is 6.31. The van der Waals surface area contributed by atoms with Crippen molar-refractivity contribution < 1.29 is 14.0 Å². The van der Waals surface area contributed by atoms with E-state index in [0.717, 1.165) is 16.9 Å². The van der Waals surface area contributed by atoms with Gasteiger partial charge in [-0.1, -0.05) is 48.0 Å². The average molecular weight is 437 g/mol. The standard InChI is InChI=1S/C25H22ClFN2O2/c1-16-14-24(29(17(2)30)19-8-4-3-5-9-19)20-10-6-7-11-23(20)28(16)25(31)18-12-13-22(27)21(26)15-18/h3-13,15-16,24H,14H2,1-2H3. The van der Waals surface area contributed by atoms with Crippen molar-refractivity contribution in [1.29, 1.82) is 0 Å². The van der Waals surface area contributed by atoms with Crippen LogP contribution in [0.3, 0.4) is 0 Å². The molecule has 0 aliphatic carbocycles. The molecule has 0 spiro atoms. The first-order valence-corrected chi connectivity index (χ1v) is 10.5. The van der Waals surface area contributed by atoms with Gasteiger partial charge in [0.1, 0.15) is 5.82 Å². The number of hydrogen-bond donors (Lipinski definition) is 0. The minimum atomic E-state index is -0.565. The maximum atomic E-state index is 13.6. The smallest absolute Gasteiger partial charge is 0.258 e. The van der Waals surface area contributed by atoms with Crippen molar-refractivity contribution in [3.05, 3.63) is 94.8 Å². The fourth-order valence-corrected chi connectivity index (χ4v) is 4.45. The number of halogens is 2. The van der Waals surface area contributed by atoms with Gasteiger partial charge >= 0.3 is 0 Å². The number of amides is 2. The molecular weight excluding hydrogens is 415 g/mol. The summed E-state index contributed by atoms with van der Waals surface area (Å²) < 4.78 is 13.6. The van der Waals surface area contributed by atoms with Crippen LogP contribution in [0.5, 0.6) is 0 Å². The summed E-state index contributed by atoms with van der Waals surface area (Å²) in [5.74, 6) is -0.886. The largest absolute Gasteiger partial charge is 0.305 e. The maximum absolute atomic E-state index is 13.6. The van der Waals surface area contributed by atoms with E-state index in [-0.39, 0.29) is 28.9 Å². The first kappa shape index (κ1) is 21.1. The Labute approximate surface area is 185 Å². The number of nitrogens with zero attached hydrogens (tertiary/aromatic N) is 2. The van der Waals surface area contributed by atoms with Crippen molar-refractivity contribution in [3.8, 4) is 0 Å². The molecule has 2 amide bonds. The van der Waals surface area contributed by atoms with Crippen LogP contribution < -0.4 is 9.80 Å². The molecule has 3 aromatic rings. The fourth-order valence-electron chi connectivity index (χ4n) is 4.27. The van der Waals surface area contributed by atoms with Crippen LogP contribution in [-0.2, 0) is 4.79 Å². The number of rotatable bonds is 3. The Morgan fingerprint density at radius 2 is 1.71 bits per heavy atom. The number of fused-ring (bicyclic) bond motifs is 1. The molecule has 0 saturated carbocycles. The topological polar surface area (TPSA) is 40.6 Å². The summed E-state index contributed by atoms with van der Waals surface area (Å²) in [4.78, 5) is 29.5. The van der Waals surface area contributed by atoms with Crippen LogP contribution in [0.4, 0.5) is 15.8 Å². The average Bonchev–Trinajstić information content (AvgIpc) is 2.76. The van der Waals surface area contributed by atoms with Crippen LogP contribution in [0.15, 0.2) is 72.8 Å². The maximum Gasteiger partial charge on any atom is 0.258 e. The summed E-state index contributed by atoms with van der Waals surface area (Å²) in [7, 11) is 0. The molecule has 4 rings (SSSR count). The molecule has 2 unspecified atom stereocenters. The number of hydrogen-bond acceptors (Lipinski definition) is 2. The Morgan fingerprint density at radius 1 is 1.03 bits per heavy atom. The minimum Gasteiger partial charge on any atom is -0.305 e. The first-order valence-electron chi connectivity index (χ1n) is 10.1. The van der Waals surface area contributed by atoms with Crippen molar-refractivity contribution in [3.63, 3.8) is 0 Å². The van der Waals surface area contributed by atoms with Crippen molar-refractivity contribution in [1.82, 2.24) is 0 Å². The van der Waals surface area contributed by atoms with Crippen LogP contribution in [0.25, 0.3) is 0 Å². The van der Waals surface area contributed by atoms with Crippen molar-refractivity contribution in [2.24, 2.45) is 0 Å². The van der Waals surface area contributed by atoms with E-state index in [1.54, 1.807) is 16.7 Å². The Hall–Kier alpha value is -3.18. The van der Waals surface area contributed by atoms with Gasteiger partial charge in [-0.2, -0.15) is 0 Å². The minimum absolute atomic E-state index is 0.0664. The first-order chi connectivity index (χ1) is 14.9. The molecule has 0 saturated heterocycles. The summed E-state index contributed by atoms with van der Waals surface area (Å²) in [6.07, 6.45) is 0.562. The highest BCUT2D eigenvalue weighted by Crippen LogP contribution is 2.42. The van der Waals surface area contributed by atoms with Crippen LogP contribution in [-0.4, -0.2) is 17.9 Å². The predicted molar refractivity (Wildman–Crippen MR) is 121 cm³/mol. The SMILES string of the molecule is CC(=O)N(c1ccccc1)C1CC(C)N(C(=O)c2ccc(F)c(Cl)c2)c2ccccc21. The number of anilines is 2. The van der Waals surface area contributed by atoms with E-state index < -0.39 is 5.82 Å². The lowest BCUT2D eigenvalue weighted by Gasteiger charge is -2.43. The van der Waals surface area contributed by atoms with Crippen molar-refractivity contribution in [2.45, 2.75) is 32.4 Å². The zero-order valence-corrected chi connectivity index (χ0v) is 18.0. The van der Waals surface area contributed by atoms with Gasteiger partial charge in [0, 0.05) is 29.9 Å². The zero-order valence-electron chi connectivity index (χ0n) is 17.3. The van der Waals surface area contributed by atoms with E-state index in [1.165, 1.54) is 18.2 Å². The molecule has 0 aromatic heterocycles. The molecular formula is C25H22ClFN2O2. The number of benzene rings is 3. The van der Waals surface area contributed by atoms with Crippen LogP contribution >= 0.6 is 11.6 Å². The van der Waals surface area contributed by atoms with Crippen molar-refractivity contribution >= 4 is 34.8 Å². The molecule has 3 aromatic carbocycles. The molecule has 31 heavy (non-hydrogen) atoms. The summed E-state index contributed by atoms with van der Waals surface area (Å²) in [6.45, 7) is 3.51. The third-order valence-electron chi connectivity index (χ3n) is 5.63. The normalized spacial score (nSPS) is 17.7. The van der Waals surface area contributed by atoms with Crippen LogP contribution in [0, 0.1) is 5.82 Å². The van der Waals surface area contributed by atoms with E-state index >= 15 is 0 Å². The lowest BCUT2D eigenvalue weighted by atomic mass is 9.89. The summed E-state index contributed by atoms with van der Waals surface area (Å²) >= 11 is 5.91. The second-order valence-electron chi connectivity index (χ2n) is 7.69. The highest BCUT2D eigenvalue weighted by Gasteiger charge is 2.38. The molecule has 4 nitrogen and oxygen atoms in total. The molecule has 0 fully saturated rings. The molecule has 2 atom stereocenters. The van der Waals surface area contributed by atoms with Gasteiger partial charge in [-0.15, -0.1) is 0 Å². The van der Waals surface area contributed by atoms with Gasteiger partial charge in [0.2, 0.25) is 5.91 Å². The second-order valence-corrected chi connectivity index (χ2v) is 8.10. The van der Waals surface area contributed by atoms with Crippen LogP contribution in [0.1, 0.15) is 42.2 Å². The molecule has 1 aliphatic rings. The van der Waals surface area contributed by atoms with E-state index in [1.807, 2.05) is 61.5 Å². The van der Waals surface area contributed by atoms with Gasteiger partial charge in [0.15, 0.2) is 0 Å². The summed E-state index contributed by atoms with van der Waals surface area (Å²) in [5.41, 5.74) is 2.75. The highest BCUT2D eigenvalue weighted by atomic mass is 35.5. The van der Waals surface area contributed by atoms with Gasteiger partial charge in [-0.05, 0) is 55.3 Å². The van der Waals surface area contributed by atoms with Gasteiger partial charge in [0.25, 0.3) is 5.91 Å². The van der Waals surface area contributed by atoms with E-state index in [2.05, 4.69) is 0 Å². The molecule has 0 N–H and O–H groups in total. The molecule has 6 heteroatoms. The van der Waals surface area contributed by atoms with E-state index in [9.17, 15) is 14.0 Å². The van der Waals surface area contributed by atoms with Gasteiger partial charge in [-0.25, -0.2) is 4.39 Å². The zero-order chi connectivity index (χ0) is 22.1. The van der Waals surface area contributed by atoms with Crippen LogP contribution in [0.2, 0.25) is 5.02 Å². The van der Waals surface area contributed by atoms with E-state index in [0.29, 0.717) is 12.0 Å². The third-order valence-corrected chi connectivity index (χ3v) is 5.92. The second kappa shape index (κ2) is 8.52. The Balaban J connectivity index is 1.78. The van der Waals surface area contributed by atoms with E-state index in [4.69, 9.17) is 11.6 Å². The predicted octanol–water partition coefficient (Wildman–Crippen LogP) is 6.01. The third kappa shape index (κ3) is 3.93. The summed E-state index contributed by atoms with van der Waals surface area (Å²) in [5, 5.41) is -0.0893. The number of para-hydroxylation sites is 2. The lowest BCUT2D eigenvalue weighted by Crippen LogP contribution is -2.47. The monoisotopic (exact) mass is 436 g/mol. The quantitative estimate of drug-likeness (QED) is 0.504. The Morgan fingerprint density at radius 3 is 2.39 bits per heavy atom. The molecule has 0 radical (unpaired) electrons. The molecule has 1 heterocycles. The molecule has 0 bridgehead atoms. The lowest BCUT2D eigenvalue weighted by molar-refractivity contribution is -0.117.